The zero-order valence-corrected chi connectivity index (χ0v) is 32.4. The van der Waals surface area contributed by atoms with Crippen LogP contribution < -0.4 is 10.1 Å². The number of carbonyl (C=O) groups is 2. The Bertz CT molecular complexity index is 1790. The van der Waals surface area contributed by atoms with Crippen molar-refractivity contribution in [2.24, 2.45) is 5.92 Å². The van der Waals surface area contributed by atoms with E-state index in [0.717, 1.165) is 18.4 Å². The van der Waals surface area contributed by atoms with Gasteiger partial charge in [0, 0.05) is 57.7 Å². The maximum atomic E-state index is 14.3. The van der Waals surface area contributed by atoms with Crippen molar-refractivity contribution in [2.75, 3.05) is 39.3 Å². The van der Waals surface area contributed by atoms with Gasteiger partial charge in [0.2, 0.25) is 15.9 Å². The van der Waals surface area contributed by atoms with E-state index in [2.05, 4.69) is 20.2 Å². The molecule has 14 heteroatoms. The number of hydrogen-bond acceptors (Lipinski definition) is 9. The van der Waals surface area contributed by atoms with E-state index < -0.39 is 27.8 Å². The lowest BCUT2D eigenvalue weighted by Crippen LogP contribution is -2.61. The molecule has 0 radical (unpaired) electrons. The minimum atomic E-state index is -4.03. The lowest BCUT2D eigenvalue weighted by atomic mass is 9.90. The molecule has 3 aliphatic rings. The van der Waals surface area contributed by atoms with E-state index in [1.54, 1.807) is 47.6 Å². The Kier molecular flexibility index (Phi) is 12.6. The third-order valence-corrected chi connectivity index (χ3v) is 12.2. The molecule has 1 aromatic carbocycles. The minimum absolute atomic E-state index is 0.129. The number of likely N-dealkylation sites (tertiary alicyclic amines) is 1. The monoisotopic (exact) mass is 766 g/mol. The number of amides is 2. The summed E-state index contributed by atoms with van der Waals surface area (Å²) >= 11 is 5.99. The lowest BCUT2D eigenvalue weighted by Gasteiger charge is -2.42. The molecule has 1 saturated carbocycles. The van der Waals surface area contributed by atoms with Crippen molar-refractivity contribution in [1.29, 1.82) is 0 Å². The van der Waals surface area contributed by atoms with E-state index >= 15 is 0 Å². The van der Waals surface area contributed by atoms with Crippen LogP contribution in [-0.4, -0.2) is 102 Å². The maximum absolute atomic E-state index is 14.3. The van der Waals surface area contributed by atoms with Crippen LogP contribution in [0.3, 0.4) is 0 Å². The first-order valence-corrected chi connectivity index (χ1v) is 20.5. The summed E-state index contributed by atoms with van der Waals surface area (Å²) in [5.41, 5.74) is 1.74. The largest absolute Gasteiger partial charge is 0.493 e. The van der Waals surface area contributed by atoms with E-state index in [1.807, 2.05) is 39.0 Å². The number of hydrogen-bond donors (Lipinski definition) is 1. The quantitative estimate of drug-likeness (QED) is 0.258. The van der Waals surface area contributed by atoms with Crippen LogP contribution in [0.25, 0.3) is 11.4 Å². The lowest BCUT2D eigenvalue weighted by molar-refractivity contribution is -0.138. The Labute approximate surface area is 318 Å². The van der Waals surface area contributed by atoms with Gasteiger partial charge < -0.3 is 19.7 Å². The highest BCUT2D eigenvalue weighted by molar-refractivity contribution is 7.89. The fraction of sp³-hybridized carbons (Fsp3) is 0.538. The molecule has 3 fully saturated rings. The Morgan fingerprint density at radius 1 is 0.868 bits per heavy atom. The molecular formula is C39H51ClN6O6S. The van der Waals surface area contributed by atoms with Gasteiger partial charge in [-0.2, -0.15) is 4.31 Å². The summed E-state index contributed by atoms with van der Waals surface area (Å²) in [6, 6.07) is 12.9. The summed E-state index contributed by atoms with van der Waals surface area (Å²) in [6.45, 7) is 8.14. The number of nitrogens with one attached hydrogen (secondary N) is 1. The third-order valence-electron chi connectivity index (χ3n) is 10.1. The first-order chi connectivity index (χ1) is 25.3. The molecule has 0 bridgehead atoms. The molecule has 2 aliphatic heterocycles. The summed E-state index contributed by atoms with van der Waals surface area (Å²) in [4.78, 5) is 39.6. The first-order valence-electron chi connectivity index (χ1n) is 18.7. The molecule has 0 spiro atoms. The van der Waals surface area contributed by atoms with Gasteiger partial charge >= 0.3 is 6.09 Å². The summed E-state index contributed by atoms with van der Waals surface area (Å²) in [5.74, 6) is 0.924. The number of alkyl carbamates (subject to hydrolysis) is 1. The SMILES string of the molecule is CC(C)(C)OC(=O)NC1CCN(C(=O)[C@@H]2CN(Cc3ccc(-c4ccc(Cl)cn4)nc3)CCN2S(=O)(=O)c2ccc(OCC3CCCCC3)cc2)CC1. The Hall–Kier alpha value is -3.78. The van der Waals surface area contributed by atoms with E-state index in [1.165, 1.54) is 23.6 Å². The highest BCUT2D eigenvalue weighted by atomic mass is 35.5. The molecule has 286 valence electrons. The highest BCUT2D eigenvalue weighted by Crippen LogP contribution is 2.28. The normalized spacial score (nSPS) is 19.8. The molecule has 12 nitrogen and oxygen atoms in total. The highest BCUT2D eigenvalue weighted by Gasteiger charge is 2.42. The van der Waals surface area contributed by atoms with Gasteiger partial charge in [-0.25, -0.2) is 13.2 Å². The van der Waals surface area contributed by atoms with Gasteiger partial charge in [-0.15, -0.1) is 0 Å². The molecule has 4 heterocycles. The van der Waals surface area contributed by atoms with Gasteiger partial charge in [-0.3, -0.25) is 19.7 Å². The van der Waals surface area contributed by atoms with E-state index in [9.17, 15) is 18.0 Å². The van der Waals surface area contributed by atoms with Gasteiger partial charge in [0.05, 0.1) is 27.9 Å². The van der Waals surface area contributed by atoms with Crippen molar-refractivity contribution < 1.29 is 27.5 Å². The van der Waals surface area contributed by atoms with Crippen molar-refractivity contribution in [3.63, 3.8) is 0 Å². The topological polar surface area (TPSA) is 134 Å². The predicted octanol–water partition coefficient (Wildman–Crippen LogP) is 6.15. The fourth-order valence-corrected chi connectivity index (χ4v) is 8.93. The number of rotatable bonds is 10. The smallest absolute Gasteiger partial charge is 0.407 e. The van der Waals surface area contributed by atoms with Crippen molar-refractivity contribution in [3.8, 4) is 17.1 Å². The van der Waals surface area contributed by atoms with Crippen LogP contribution in [0.2, 0.25) is 5.02 Å². The van der Waals surface area contributed by atoms with Crippen molar-refractivity contribution in [1.82, 2.24) is 29.4 Å². The summed E-state index contributed by atoms with van der Waals surface area (Å²) in [6.07, 6.45) is 10.0. The van der Waals surface area contributed by atoms with E-state index in [4.69, 9.17) is 21.1 Å². The molecule has 2 amide bonds. The van der Waals surface area contributed by atoms with Crippen LogP contribution in [0.1, 0.15) is 71.3 Å². The van der Waals surface area contributed by atoms with Gasteiger partial charge in [0.25, 0.3) is 0 Å². The third kappa shape index (κ3) is 10.5. The van der Waals surface area contributed by atoms with Crippen LogP contribution in [0.5, 0.6) is 5.75 Å². The number of carbonyl (C=O) groups excluding carboxylic acids is 2. The van der Waals surface area contributed by atoms with Crippen molar-refractivity contribution >= 4 is 33.6 Å². The molecule has 1 N–H and O–H groups in total. The molecule has 2 saturated heterocycles. The zero-order chi connectivity index (χ0) is 37.6. The second kappa shape index (κ2) is 17.1. The van der Waals surface area contributed by atoms with Gasteiger partial charge in [0.15, 0.2) is 0 Å². The zero-order valence-electron chi connectivity index (χ0n) is 30.9. The molecule has 1 atom stereocenters. The first kappa shape index (κ1) is 38.9. The molecule has 3 aromatic rings. The number of benzene rings is 1. The Morgan fingerprint density at radius 3 is 2.17 bits per heavy atom. The predicted molar refractivity (Wildman–Crippen MR) is 203 cm³/mol. The van der Waals surface area contributed by atoms with Crippen LogP contribution in [-0.2, 0) is 26.1 Å². The Balaban J connectivity index is 1.15. The summed E-state index contributed by atoms with van der Waals surface area (Å²) in [5, 5.41) is 3.46. The number of nitrogens with zero attached hydrogens (tertiary/aromatic N) is 5. The number of sulfonamides is 1. The number of halogens is 1. The van der Waals surface area contributed by atoms with Crippen LogP contribution in [0.15, 0.2) is 65.8 Å². The van der Waals surface area contributed by atoms with Crippen LogP contribution in [0.4, 0.5) is 4.79 Å². The summed E-state index contributed by atoms with van der Waals surface area (Å²) < 4.78 is 41.3. The maximum Gasteiger partial charge on any atom is 0.407 e. The van der Waals surface area contributed by atoms with Gasteiger partial charge in [0.1, 0.15) is 17.4 Å². The van der Waals surface area contributed by atoms with E-state index in [-0.39, 0.29) is 29.9 Å². The van der Waals surface area contributed by atoms with Crippen molar-refractivity contribution in [3.05, 3.63) is 71.5 Å². The molecule has 1 aliphatic carbocycles. The van der Waals surface area contributed by atoms with E-state index in [0.29, 0.717) is 73.7 Å². The van der Waals surface area contributed by atoms with Crippen LogP contribution >= 0.6 is 11.6 Å². The second-order valence-corrected chi connectivity index (χ2v) is 17.6. The number of piperazine rings is 1. The average molecular weight is 767 g/mol. The Morgan fingerprint density at radius 2 is 1.55 bits per heavy atom. The summed E-state index contributed by atoms with van der Waals surface area (Å²) in [7, 11) is -4.03. The molecule has 53 heavy (non-hydrogen) atoms. The molecular weight excluding hydrogens is 716 g/mol. The number of piperidine rings is 1. The fourth-order valence-electron chi connectivity index (χ4n) is 7.25. The van der Waals surface area contributed by atoms with Crippen LogP contribution in [0, 0.1) is 5.92 Å². The minimum Gasteiger partial charge on any atom is -0.493 e. The number of ether oxygens (including phenoxy) is 2. The standard InChI is InChI=1S/C39H51ClN6O6S/c1-39(2,3)52-38(48)43-31-17-19-45(20-18-31)37(47)36-26-44(25-29-9-15-34(41-23-29)35-16-10-30(40)24-42-35)21-22-46(36)53(49,50)33-13-11-32(12-14-33)51-27-28-7-5-4-6-8-28/h9-16,23-24,28,31,36H,4-8,17-22,25-27H2,1-3H3,(H,43,48)/t36-/m0/s1. The molecule has 6 rings (SSSR count). The van der Waals surface area contributed by atoms with Gasteiger partial charge in [-0.1, -0.05) is 36.9 Å². The number of pyridine rings is 2. The number of aromatic nitrogens is 2. The molecule has 2 aromatic heterocycles. The molecule has 0 unspecified atom stereocenters. The average Bonchev–Trinajstić information content (AvgIpc) is 3.14. The second-order valence-electron chi connectivity index (χ2n) is 15.3. The van der Waals surface area contributed by atoms with Gasteiger partial charge in [-0.05, 0) is 100 Å². The van der Waals surface area contributed by atoms with Crippen molar-refractivity contribution in [2.45, 2.75) is 94.8 Å².